The van der Waals surface area contributed by atoms with Crippen LogP contribution in [0.25, 0.3) is 33.3 Å². The second-order valence-electron chi connectivity index (χ2n) is 19.4. The van der Waals surface area contributed by atoms with Gasteiger partial charge in [0.15, 0.2) is 0 Å². The highest BCUT2D eigenvalue weighted by Gasteiger charge is 2.43. The van der Waals surface area contributed by atoms with E-state index in [9.17, 15) is 29.1 Å². The lowest BCUT2D eigenvalue weighted by Gasteiger charge is -2.43. The van der Waals surface area contributed by atoms with Gasteiger partial charge in [-0.2, -0.15) is 0 Å². The Morgan fingerprint density at radius 3 is 2.55 bits per heavy atom. The molecule has 3 aliphatic rings. The first-order valence-electron chi connectivity index (χ1n) is 23.2. The van der Waals surface area contributed by atoms with Gasteiger partial charge in [0.1, 0.15) is 23.9 Å². The number of aromatic hydroxyl groups is 1. The zero-order chi connectivity index (χ0) is 47.6. The molecule has 0 aliphatic carbocycles. The molecule has 5 heterocycles. The van der Waals surface area contributed by atoms with Crippen LogP contribution in [0, 0.1) is 23.2 Å². The van der Waals surface area contributed by atoms with Crippen molar-refractivity contribution in [3.8, 4) is 28.1 Å². The van der Waals surface area contributed by atoms with Gasteiger partial charge >= 0.3 is 5.97 Å². The molecule has 0 spiro atoms. The molecule has 2 aromatic heterocycles. The van der Waals surface area contributed by atoms with E-state index in [4.69, 9.17) is 15.2 Å². The smallest absolute Gasteiger partial charge is 0.324 e. The van der Waals surface area contributed by atoms with Crippen molar-refractivity contribution < 1.29 is 38.6 Å². The molecule has 2 saturated heterocycles. The van der Waals surface area contributed by atoms with E-state index in [1.807, 2.05) is 38.2 Å². The van der Waals surface area contributed by atoms with Crippen LogP contribution in [0.15, 0.2) is 54.9 Å². The number of hydrogen-bond acceptors (Lipinski definition) is 11. The number of phenolic OH excluding ortho intramolecular Hbond substituents is 1. The second-order valence-corrected chi connectivity index (χ2v) is 19.4. The molecule has 0 saturated carbocycles. The molecule has 16 heteroatoms. The number of pyridine rings is 1. The Hall–Kier alpha value is -5.84. The summed E-state index contributed by atoms with van der Waals surface area (Å²) >= 11 is 0. The predicted molar refractivity (Wildman–Crippen MR) is 250 cm³/mol. The minimum atomic E-state index is -1.16. The number of phenols is 1. The highest BCUT2D eigenvalue weighted by Crippen LogP contribution is 2.41. The summed E-state index contributed by atoms with van der Waals surface area (Å²) in [4.78, 5) is 77.1. The van der Waals surface area contributed by atoms with Gasteiger partial charge in [-0.25, -0.2) is 5.43 Å². The molecule has 354 valence electrons. The predicted octanol–water partition coefficient (Wildman–Crippen LogP) is 4.43. The number of cyclic esters (lactones) is 1. The van der Waals surface area contributed by atoms with Crippen molar-refractivity contribution >= 4 is 40.5 Å². The lowest BCUT2D eigenvalue weighted by atomic mass is 9.84. The number of methoxy groups -OCH3 is 1. The SMILES string of the molecule is CCn1c(-c2cnccc2COC)c2c3cc(ccc31)-c1cc(O)cc(c1)C[C@H](NC(=O)[C@H](C(C)C)N(C)C(=O)C1CN(C(=O)[C@@H](C)CN)C1)C(=O)N1CCC[C@H](N1)C(=O)OCC(C)(C)C2. The zero-order valence-corrected chi connectivity index (χ0v) is 39.6. The van der Waals surface area contributed by atoms with Gasteiger partial charge in [0.05, 0.1) is 24.8 Å². The lowest BCUT2D eigenvalue weighted by molar-refractivity contribution is -0.155. The summed E-state index contributed by atoms with van der Waals surface area (Å²) in [6.07, 6.45) is 5.11. The third-order valence-corrected chi connectivity index (χ3v) is 13.3. The monoisotopic (exact) mass is 907 g/mol. The Balaban J connectivity index is 1.28. The largest absolute Gasteiger partial charge is 0.508 e. The number of amides is 4. The second kappa shape index (κ2) is 19.9. The van der Waals surface area contributed by atoms with E-state index < -0.39 is 47.2 Å². The van der Waals surface area contributed by atoms with E-state index in [-0.39, 0.29) is 68.6 Å². The fourth-order valence-corrected chi connectivity index (χ4v) is 9.77. The molecule has 16 nitrogen and oxygen atoms in total. The number of carbonyl (C=O) groups excluding carboxylic acids is 5. The van der Waals surface area contributed by atoms with Crippen molar-refractivity contribution in [3.05, 3.63) is 71.5 Å². The number of hydrogen-bond donors (Lipinski definition) is 4. The number of benzene rings is 2. The van der Waals surface area contributed by atoms with Gasteiger partial charge in [-0.3, -0.25) is 34.0 Å². The van der Waals surface area contributed by atoms with Gasteiger partial charge in [-0.05, 0) is 90.3 Å². The van der Waals surface area contributed by atoms with Crippen LogP contribution in [0.1, 0.15) is 71.1 Å². The first-order chi connectivity index (χ1) is 31.4. The number of hydrazine groups is 1. The fraction of sp³-hybridized carbons (Fsp3) is 0.520. The maximum absolute atomic E-state index is 14.7. The number of aromatic nitrogens is 2. The van der Waals surface area contributed by atoms with E-state index in [0.717, 1.165) is 38.9 Å². The Labute approximate surface area is 387 Å². The summed E-state index contributed by atoms with van der Waals surface area (Å²) in [5, 5.41) is 16.7. The van der Waals surface area contributed by atoms with Crippen LogP contribution in [0.5, 0.6) is 5.75 Å². The van der Waals surface area contributed by atoms with Crippen molar-refractivity contribution in [3.63, 3.8) is 0 Å². The first-order valence-corrected chi connectivity index (χ1v) is 23.2. The fourth-order valence-electron chi connectivity index (χ4n) is 9.77. The van der Waals surface area contributed by atoms with Gasteiger partial charge in [0.25, 0.3) is 5.91 Å². The highest BCUT2D eigenvalue weighted by molar-refractivity contribution is 5.96. The minimum Gasteiger partial charge on any atom is -0.508 e. The third-order valence-electron chi connectivity index (χ3n) is 13.3. The molecule has 4 amide bonds. The Kier molecular flexibility index (Phi) is 14.5. The average Bonchev–Trinajstić information content (AvgIpc) is 3.57. The van der Waals surface area contributed by atoms with Crippen LogP contribution >= 0.6 is 0 Å². The zero-order valence-electron chi connectivity index (χ0n) is 39.6. The number of fused-ring (bicyclic) bond motifs is 6. The van der Waals surface area contributed by atoms with Gasteiger partial charge < -0.3 is 40.0 Å². The number of likely N-dealkylation sites (N-methyl/N-ethyl adjacent to an activating group) is 1. The number of nitrogens with one attached hydrogen (secondary N) is 2. The quantitative estimate of drug-likeness (QED) is 0.155. The number of carbonyl (C=O) groups is 5. The molecular formula is C50H66N8O8. The number of nitrogens with zero attached hydrogens (tertiary/aromatic N) is 5. The van der Waals surface area contributed by atoms with Crippen molar-refractivity contribution in [2.45, 2.75) is 98.5 Å². The minimum absolute atomic E-state index is 0.0118. The van der Waals surface area contributed by atoms with Crippen LogP contribution in [0.3, 0.4) is 0 Å². The average molecular weight is 907 g/mol. The molecule has 4 atom stereocenters. The van der Waals surface area contributed by atoms with Crippen LogP contribution in [-0.4, -0.2) is 124 Å². The maximum Gasteiger partial charge on any atom is 0.324 e. The standard InChI is InChI=1S/C50H66N8O8/c1-9-57-42-13-12-32-21-37(42)38(44(57)39-24-52-15-14-33(39)27-65-8)22-50(5,6)28-66-49(64)40-11-10-16-58(54-40)48(63)41(19-31-17-34(32)20-36(59)18-31)53-45(60)43(29(2)3)55(7)47(62)35-25-56(26-35)46(61)30(4)23-51/h12-15,17-18,20-21,24,29-30,35,40-41,43,54,59H,9-11,16,19,22-23,25-28,51H2,1-8H3,(H,53,60)/t30-,40-,41-,43-/m0/s1. The molecule has 2 fully saturated rings. The van der Waals surface area contributed by atoms with Crippen LogP contribution < -0.4 is 16.5 Å². The number of nitrogens with two attached hydrogens (primary N) is 1. The van der Waals surface area contributed by atoms with Gasteiger partial charge in [-0.1, -0.05) is 46.8 Å². The summed E-state index contributed by atoms with van der Waals surface area (Å²) in [7, 11) is 3.25. The molecule has 2 aromatic carbocycles. The molecule has 6 bridgehead atoms. The summed E-state index contributed by atoms with van der Waals surface area (Å²) in [5.74, 6) is -3.08. The Bertz CT molecular complexity index is 2480. The van der Waals surface area contributed by atoms with Crippen LogP contribution in [0.4, 0.5) is 0 Å². The number of ether oxygens (including phenoxy) is 2. The van der Waals surface area contributed by atoms with Crippen molar-refractivity contribution in [1.29, 1.82) is 0 Å². The molecule has 3 aliphatic heterocycles. The van der Waals surface area contributed by atoms with Gasteiger partial charge in [0.2, 0.25) is 17.7 Å². The summed E-state index contributed by atoms with van der Waals surface area (Å²) in [6.45, 7) is 13.8. The molecule has 7 rings (SSSR count). The van der Waals surface area contributed by atoms with Crippen LogP contribution in [-0.2, 0) is 59.4 Å². The van der Waals surface area contributed by atoms with Crippen molar-refractivity contribution in [2.75, 3.05) is 46.9 Å². The number of likely N-dealkylation sites (tertiary alicyclic amines) is 1. The Morgan fingerprint density at radius 2 is 1.85 bits per heavy atom. The van der Waals surface area contributed by atoms with Crippen LogP contribution in [0.2, 0.25) is 0 Å². The van der Waals surface area contributed by atoms with E-state index >= 15 is 0 Å². The maximum atomic E-state index is 14.7. The normalized spacial score (nSPS) is 20.0. The van der Waals surface area contributed by atoms with E-state index in [0.29, 0.717) is 43.5 Å². The molecule has 66 heavy (non-hydrogen) atoms. The van der Waals surface area contributed by atoms with E-state index in [2.05, 4.69) is 53.2 Å². The number of rotatable bonds is 11. The molecule has 0 unspecified atom stereocenters. The summed E-state index contributed by atoms with van der Waals surface area (Å²) in [6, 6.07) is 10.4. The summed E-state index contributed by atoms with van der Waals surface area (Å²) in [5.41, 5.74) is 15.4. The molecule has 5 N–H and O–H groups in total. The molecule has 4 aromatic rings. The summed E-state index contributed by atoms with van der Waals surface area (Å²) < 4.78 is 14.0. The highest BCUT2D eigenvalue weighted by atomic mass is 16.5. The van der Waals surface area contributed by atoms with Gasteiger partial charge in [0, 0.05) is 93.5 Å². The number of aryl methyl sites for hydroxylation is 1. The topological polar surface area (TPSA) is 202 Å². The number of esters is 1. The molecular weight excluding hydrogens is 841 g/mol. The lowest BCUT2D eigenvalue weighted by Crippen LogP contribution is -2.63. The van der Waals surface area contributed by atoms with Crippen molar-refractivity contribution in [1.82, 2.24) is 35.1 Å². The Morgan fingerprint density at radius 1 is 1.09 bits per heavy atom. The van der Waals surface area contributed by atoms with E-state index in [1.165, 1.54) is 9.91 Å². The first kappa shape index (κ1) is 48.1. The van der Waals surface area contributed by atoms with Crippen molar-refractivity contribution in [2.24, 2.45) is 28.9 Å². The van der Waals surface area contributed by atoms with Gasteiger partial charge in [-0.15, -0.1) is 0 Å². The molecule has 0 radical (unpaired) electrons. The third kappa shape index (κ3) is 9.96. The van der Waals surface area contributed by atoms with E-state index in [1.54, 1.807) is 44.3 Å².